The van der Waals surface area contributed by atoms with Crippen LogP contribution in [0.3, 0.4) is 0 Å². The van der Waals surface area contributed by atoms with Crippen LogP contribution in [0.5, 0.6) is 5.75 Å². The number of rotatable bonds is 9. The van der Waals surface area contributed by atoms with Crippen LogP contribution in [0.15, 0.2) is 48.5 Å². The fraction of sp³-hybridized carbons (Fsp3) is 0.300. The van der Waals surface area contributed by atoms with Crippen molar-refractivity contribution in [1.29, 1.82) is 0 Å². The van der Waals surface area contributed by atoms with Gasteiger partial charge in [0.1, 0.15) is 5.75 Å². The van der Waals surface area contributed by atoms with Crippen molar-refractivity contribution in [3.8, 4) is 5.75 Å². The molecule has 0 saturated heterocycles. The highest BCUT2D eigenvalue weighted by atomic mass is 19.4. The minimum absolute atomic E-state index is 0.115. The number of amides is 1. The third-order valence-corrected chi connectivity index (χ3v) is 4.41. The molecule has 1 atom stereocenters. The summed E-state index contributed by atoms with van der Waals surface area (Å²) in [6.45, 7) is 0. The Morgan fingerprint density at radius 3 is 2.33 bits per heavy atom. The van der Waals surface area contributed by atoms with Gasteiger partial charge < -0.3 is 20.1 Å². The molecule has 0 spiro atoms. The topological polar surface area (TPSA) is 95.9 Å². The van der Waals surface area contributed by atoms with Gasteiger partial charge in [0.2, 0.25) is 5.91 Å². The lowest BCUT2D eigenvalue weighted by molar-refractivity contribution is -0.137. The highest BCUT2D eigenvalue weighted by Gasteiger charge is 2.31. The van der Waals surface area contributed by atoms with Crippen LogP contribution in [0.1, 0.15) is 34.3 Å². The van der Waals surface area contributed by atoms with Gasteiger partial charge in [0.25, 0.3) is 0 Å². The smallest absolute Gasteiger partial charge is 0.475 e. The van der Waals surface area contributed by atoms with E-state index >= 15 is 0 Å². The first-order chi connectivity index (χ1) is 14.1. The summed E-state index contributed by atoms with van der Waals surface area (Å²) in [7, 11) is -0.493. The van der Waals surface area contributed by atoms with Crippen molar-refractivity contribution >= 4 is 18.8 Å². The molecule has 0 heterocycles. The molecule has 0 aliphatic heterocycles. The predicted molar refractivity (Wildman–Crippen MR) is 104 cm³/mol. The number of Topliss-reactive ketones (excluding diaryl/α,β-unsaturated/α-hetero) is 1. The lowest BCUT2D eigenvalue weighted by atomic mass is 9.75. The van der Waals surface area contributed by atoms with Gasteiger partial charge in [-0.3, -0.25) is 9.59 Å². The summed E-state index contributed by atoms with van der Waals surface area (Å²) in [5, 5.41) is 21.3. The largest absolute Gasteiger partial charge is 0.497 e. The number of ketones is 1. The second-order valence-corrected chi connectivity index (χ2v) is 6.64. The van der Waals surface area contributed by atoms with Gasteiger partial charge in [-0.05, 0) is 42.3 Å². The van der Waals surface area contributed by atoms with Crippen LogP contribution in [-0.4, -0.2) is 41.9 Å². The number of halogens is 3. The average Bonchev–Trinajstić information content (AvgIpc) is 2.71. The molecular formula is C20H21BF3NO5. The number of hydrogen-bond donors (Lipinski definition) is 3. The van der Waals surface area contributed by atoms with E-state index in [1.54, 1.807) is 24.3 Å². The summed E-state index contributed by atoms with van der Waals surface area (Å²) in [6.07, 6.45) is -5.08. The molecule has 1 unspecified atom stereocenters. The van der Waals surface area contributed by atoms with E-state index in [1.165, 1.54) is 19.2 Å². The monoisotopic (exact) mass is 423 g/mol. The van der Waals surface area contributed by atoms with Crippen molar-refractivity contribution < 1.29 is 37.5 Å². The lowest BCUT2D eigenvalue weighted by Crippen LogP contribution is -2.48. The number of carbonyl (C=O) groups excluding carboxylic acids is 2. The van der Waals surface area contributed by atoms with Crippen molar-refractivity contribution in [2.75, 3.05) is 7.11 Å². The van der Waals surface area contributed by atoms with Crippen LogP contribution in [0.25, 0.3) is 0 Å². The molecule has 2 aromatic rings. The number of hydrogen-bond acceptors (Lipinski definition) is 5. The van der Waals surface area contributed by atoms with Gasteiger partial charge in [-0.25, -0.2) is 0 Å². The lowest BCUT2D eigenvalue weighted by Gasteiger charge is -2.18. The van der Waals surface area contributed by atoms with Crippen molar-refractivity contribution in [2.45, 2.75) is 31.4 Å². The van der Waals surface area contributed by atoms with E-state index in [2.05, 4.69) is 5.32 Å². The molecule has 2 rings (SSSR count). The maximum atomic E-state index is 12.8. The SMILES string of the molecule is COc1ccc(C(=O)CCC(=O)NC(Cc2cccc(C(F)(F)F)c2)B(O)O)cc1. The molecular weight excluding hydrogens is 402 g/mol. The molecule has 0 aromatic heterocycles. The summed E-state index contributed by atoms with van der Waals surface area (Å²) in [5.41, 5.74) is -0.300. The van der Waals surface area contributed by atoms with Gasteiger partial charge in [-0.1, -0.05) is 18.2 Å². The van der Waals surface area contributed by atoms with E-state index in [9.17, 15) is 32.8 Å². The van der Waals surface area contributed by atoms with Crippen molar-refractivity contribution in [3.63, 3.8) is 0 Å². The Morgan fingerprint density at radius 1 is 1.10 bits per heavy atom. The van der Waals surface area contributed by atoms with E-state index in [0.29, 0.717) is 11.3 Å². The zero-order valence-corrected chi connectivity index (χ0v) is 16.1. The zero-order valence-electron chi connectivity index (χ0n) is 16.1. The van der Waals surface area contributed by atoms with Gasteiger partial charge in [-0.2, -0.15) is 13.2 Å². The molecule has 0 saturated carbocycles. The summed E-state index contributed by atoms with van der Waals surface area (Å²) in [5.74, 6) is -1.55. The van der Waals surface area contributed by atoms with Crippen molar-refractivity contribution in [3.05, 3.63) is 65.2 Å². The van der Waals surface area contributed by atoms with Crippen molar-refractivity contribution in [2.24, 2.45) is 0 Å². The standard InChI is InChI=1S/C20H21BF3NO5/c1-30-16-7-5-14(6-8-16)17(26)9-10-19(27)25-18(21(28)29)12-13-3-2-4-15(11-13)20(22,23)24/h2-8,11,18,28-29H,9-10,12H2,1H3,(H,25,27). The van der Waals surface area contributed by atoms with E-state index in [4.69, 9.17) is 4.74 Å². The summed E-state index contributed by atoms with van der Waals surface area (Å²) in [4.78, 5) is 24.3. The molecule has 0 aliphatic carbocycles. The summed E-state index contributed by atoms with van der Waals surface area (Å²) < 4.78 is 43.5. The van der Waals surface area contributed by atoms with Gasteiger partial charge in [-0.15, -0.1) is 0 Å². The van der Waals surface area contributed by atoms with Crippen LogP contribution in [-0.2, 0) is 17.4 Å². The zero-order chi connectivity index (χ0) is 22.3. The summed E-state index contributed by atoms with van der Waals surface area (Å²) in [6, 6.07) is 10.7. The maximum Gasteiger partial charge on any atom is 0.475 e. The molecule has 0 aliphatic rings. The Labute approximate surface area is 171 Å². The highest BCUT2D eigenvalue weighted by Crippen LogP contribution is 2.29. The molecule has 3 N–H and O–H groups in total. The third-order valence-electron chi connectivity index (χ3n) is 4.41. The second-order valence-electron chi connectivity index (χ2n) is 6.64. The maximum absolute atomic E-state index is 12.8. The molecule has 1 amide bonds. The van der Waals surface area contributed by atoms with Crippen LogP contribution in [0, 0.1) is 0 Å². The van der Waals surface area contributed by atoms with E-state index in [0.717, 1.165) is 12.1 Å². The Balaban J connectivity index is 1.94. The third kappa shape index (κ3) is 6.89. The van der Waals surface area contributed by atoms with E-state index in [-0.39, 0.29) is 30.6 Å². The first kappa shape index (κ1) is 23.4. The fourth-order valence-electron chi connectivity index (χ4n) is 2.79. The molecule has 10 heteroatoms. The van der Waals surface area contributed by atoms with Crippen LogP contribution < -0.4 is 10.1 Å². The quantitative estimate of drug-likeness (QED) is 0.426. The van der Waals surface area contributed by atoms with E-state index < -0.39 is 30.7 Å². The van der Waals surface area contributed by atoms with Gasteiger partial charge in [0.15, 0.2) is 5.78 Å². The summed E-state index contributed by atoms with van der Waals surface area (Å²) >= 11 is 0. The number of carbonyl (C=O) groups is 2. The molecule has 0 bridgehead atoms. The minimum Gasteiger partial charge on any atom is -0.497 e. The number of benzene rings is 2. The highest BCUT2D eigenvalue weighted by molar-refractivity contribution is 6.43. The number of ether oxygens (including phenoxy) is 1. The Morgan fingerprint density at radius 2 is 1.77 bits per heavy atom. The Hall–Kier alpha value is -2.85. The molecule has 0 radical (unpaired) electrons. The van der Waals surface area contributed by atoms with Gasteiger partial charge in [0.05, 0.1) is 18.6 Å². The fourth-order valence-corrected chi connectivity index (χ4v) is 2.79. The molecule has 30 heavy (non-hydrogen) atoms. The Kier molecular flexibility index (Phi) is 8.02. The van der Waals surface area contributed by atoms with Crippen LogP contribution in [0.4, 0.5) is 13.2 Å². The first-order valence-electron chi connectivity index (χ1n) is 9.09. The molecule has 160 valence electrons. The molecule has 2 aromatic carbocycles. The van der Waals surface area contributed by atoms with Gasteiger partial charge in [0, 0.05) is 18.4 Å². The average molecular weight is 423 g/mol. The Bertz CT molecular complexity index is 871. The van der Waals surface area contributed by atoms with E-state index in [1.807, 2.05) is 0 Å². The first-order valence-corrected chi connectivity index (χ1v) is 9.09. The molecule has 0 fully saturated rings. The number of alkyl halides is 3. The predicted octanol–water partition coefficient (Wildman–Crippen LogP) is 2.42. The minimum atomic E-state index is -4.53. The van der Waals surface area contributed by atoms with Crippen LogP contribution >= 0.6 is 0 Å². The normalized spacial score (nSPS) is 12.2. The second kappa shape index (κ2) is 10.3. The number of nitrogens with one attached hydrogen (secondary N) is 1. The van der Waals surface area contributed by atoms with Crippen molar-refractivity contribution in [1.82, 2.24) is 5.32 Å². The van der Waals surface area contributed by atoms with Gasteiger partial charge >= 0.3 is 13.3 Å². The van der Waals surface area contributed by atoms with Crippen LogP contribution in [0.2, 0.25) is 0 Å². The molecule has 6 nitrogen and oxygen atoms in total. The number of methoxy groups -OCH3 is 1.